The standard InChI is InChI=1S/C13H13N3O4S/c14-9-3-6-11(12(7-9)21(16,18)19)20-10-4-1-8(2-5-10)13(15)17/h1-7H,14H2,(H2,15,17)(H2,16,18,19). The fourth-order valence-corrected chi connectivity index (χ4v) is 2.34. The molecule has 8 heteroatoms. The Balaban J connectivity index is 2.38. The summed E-state index contributed by atoms with van der Waals surface area (Å²) in [5.74, 6) is -0.201. The minimum atomic E-state index is -3.98. The average molecular weight is 307 g/mol. The fraction of sp³-hybridized carbons (Fsp3) is 0. The Hall–Kier alpha value is -2.58. The first-order chi connectivity index (χ1) is 9.77. The van der Waals surface area contributed by atoms with Crippen molar-refractivity contribution in [3.63, 3.8) is 0 Å². The third-order valence-corrected chi connectivity index (χ3v) is 3.57. The molecule has 7 nitrogen and oxygen atoms in total. The van der Waals surface area contributed by atoms with Crippen LogP contribution in [0.5, 0.6) is 11.5 Å². The molecule has 0 saturated carbocycles. The Morgan fingerprint density at radius 2 is 1.67 bits per heavy atom. The molecule has 2 aromatic carbocycles. The van der Waals surface area contributed by atoms with Gasteiger partial charge in [0.2, 0.25) is 15.9 Å². The third-order valence-electron chi connectivity index (χ3n) is 2.64. The maximum Gasteiger partial charge on any atom is 0.248 e. The molecule has 6 N–H and O–H groups in total. The maximum atomic E-state index is 11.5. The van der Waals surface area contributed by atoms with Crippen LogP contribution in [-0.4, -0.2) is 14.3 Å². The molecule has 0 fully saturated rings. The van der Waals surface area contributed by atoms with Gasteiger partial charge in [-0.2, -0.15) is 0 Å². The zero-order valence-corrected chi connectivity index (χ0v) is 11.6. The van der Waals surface area contributed by atoms with E-state index in [0.717, 1.165) is 0 Å². The summed E-state index contributed by atoms with van der Waals surface area (Å²) >= 11 is 0. The number of anilines is 1. The van der Waals surface area contributed by atoms with Crippen molar-refractivity contribution in [2.75, 3.05) is 5.73 Å². The molecule has 1 amide bonds. The van der Waals surface area contributed by atoms with Crippen LogP contribution in [0.1, 0.15) is 10.4 Å². The van der Waals surface area contributed by atoms with Crippen molar-refractivity contribution in [1.82, 2.24) is 0 Å². The van der Waals surface area contributed by atoms with Crippen LogP contribution in [0.2, 0.25) is 0 Å². The van der Waals surface area contributed by atoms with Crippen molar-refractivity contribution in [3.05, 3.63) is 48.0 Å². The SMILES string of the molecule is NC(=O)c1ccc(Oc2ccc(N)cc2S(N)(=O)=O)cc1. The number of hydrogen-bond acceptors (Lipinski definition) is 5. The maximum absolute atomic E-state index is 11.5. The first-order valence-electron chi connectivity index (χ1n) is 5.77. The van der Waals surface area contributed by atoms with Crippen molar-refractivity contribution in [2.45, 2.75) is 4.90 Å². The molecule has 0 aliphatic rings. The second-order valence-corrected chi connectivity index (χ2v) is 5.77. The highest BCUT2D eigenvalue weighted by atomic mass is 32.2. The van der Waals surface area contributed by atoms with E-state index in [0.29, 0.717) is 11.3 Å². The first kappa shape index (κ1) is 14.8. The Morgan fingerprint density at radius 1 is 1.05 bits per heavy atom. The molecule has 0 radical (unpaired) electrons. The molecule has 21 heavy (non-hydrogen) atoms. The van der Waals surface area contributed by atoms with E-state index in [1.165, 1.54) is 42.5 Å². The number of primary sulfonamides is 1. The lowest BCUT2D eigenvalue weighted by atomic mass is 10.2. The van der Waals surface area contributed by atoms with Crippen LogP contribution >= 0.6 is 0 Å². The number of ether oxygens (including phenoxy) is 1. The van der Waals surface area contributed by atoms with Gasteiger partial charge < -0.3 is 16.2 Å². The lowest BCUT2D eigenvalue weighted by Gasteiger charge is -2.10. The Labute approximate surface area is 121 Å². The summed E-state index contributed by atoms with van der Waals surface area (Å²) in [7, 11) is -3.98. The quantitative estimate of drug-likeness (QED) is 0.717. The minimum Gasteiger partial charge on any atom is -0.456 e. The molecule has 0 spiro atoms. The van der Waals surface area contributed by atoms with Gasteiger partial charge in [-0.25, -0.2) is 13.6 Å². The van der Waals surface area contributed by atoms with Crippen LogP contribution in [0.3, 0.4) is 0 Å². The van der Waals surface area contributed by atoms with Gasteiger partial charge >= 0.3 is 0 Å². The summed E-state index contributed by atoms with van der Waals surface area (Å²) < 4.78 is 28.5. The molecule has 0 unspecified atom stereocenters. The zero-order chi connectivity index (χ0) is 15.6. The Morgan fingerprint density at radius 3 is 2.19 bits per heavy atom. The second kappa shape index (κ2) is 5.43. The van der Waals surface area contributed by atoms with Crippen LogP contribution in [-0.2, 0) is 10.0 Å². The van der Waals surface area contributed by atoms with Gasteiger partial charge in [-0.3, -0.25) is 4.79 Å². The molecule has 0 saturated heterocycles. The largest absolute Gasteiger partial charge is 0.456 e. The van der Waals surface area contributed by atoms with E-state index in [1.54, 1.807) is 0 Å². The van der Waals surface area contributed by atoms with Crippen molar-refractivity contribution in [3.8, 4) is 11.5 Å². The first-order valence-corrected chi connectivity index (χ1v) is 7.32. The molecule has 0 heterocycles. The topological polar surface area (TPSA) is 138 Å². The highest BCUT2D eigenvalue weighted by molar-refractivity contribution is 7.89. The zero-order valence-electron chi connectivity index (χ0n) is 10.8. The highest BCUT2D eigenvalue weighted by Gasteiger charge is 2.16. The predicted molar refractivity (Wildman–Crippen MR) is 77.3 cm³/mol. The molecule has 0 bridgehead atoms. The van der Waals surface area contributed by atoms with Crippen molar-refractivity contribution < 1.29 is 17.9 Å². The Kier molecular flexibility index (Phi) is 3.83. The summed E-state index contributed by atoms with van der Waals surface area (Å²) in [6, 6.07) is 10.0. The third kappa shape index (κ3) is 3.50. The van der Waals surface area contributed by atoms with Crippen LogP contribution in [0.4, 0.5) is 5.69 Å². The van der Waals surface area contributed by atoms with Gasteiger partial charge in [-0.1, -0.05) is 0 Å². The summed E-state index contributed by atoms with van der Waals surface area (Å²) in [6.07, 6.45) is 0. The lowest BCUT2D eigenvalue weighted by Crippen LogP contribution is -2.13. The summed E-state index contributed by atoms with van der Waals surface area (Å²) in [5.41, 5.74) is 11.2. The number of hydrogen-bond donors (Lipinski definition) is 3. The summed E-state index contributed by atoms with van der Waals surface area (Å²) in [4.78, 5) is 10.7. The second-order valence-electron chi connectivity index (χ2n) is 4.24. The molecule has 0 aliphatic heterocycles. The van der Waals surface area contributed by atoms with Crippen LogP contribution in [0.25, 0.3) is 0 Å². The molecule has 2 rings (SSSR count). The number of amides is 1. The number of nitrogens with two attached hydrogens (primary N) is 3. The van der Waals surface area contributed by atoms with E-state index >= 15 is 0 Å². The molecular weight excluding hydrogens is 294 g/mol. The van der Waals surface area contributed by atoms with Crippen LogP contribution < -0.4 is 21.3 Å². The van der Waals surface area contributed by atoms with Gasteiger partial charge in [0, 0.05) is 11.3 Å². The van der Waals surface area contributed by atoms with Gasteiger partial charge in [0.15, 0.2) is 0 Å². The number of rotatable bonds is 4. The number of benzene rings is 2. The summed E-state index contributed by atoms with van der Waals surface area (Å²) in [5, 5.41) is 5.12. The van der Waals surface area contributed by atoms with Gasteiger partial charge in [-0.15, -0.1) is 0 Å². The lowest BCUT2D eigenvalue weighted by molar-refractivity contribution is 0.100. The summed E-state index contributed by atoms with van der Waals surface area (Å²) in [6.45, 7) is 0. The van der Waals surface area contributed by atoms with Crippen molar-refractivity contribution in [1.29, 1.82) is 0 Å². The molecule has 0 aromatic heterocycles. The molecule has 0 aliphatic carbocycles. The van der Waals surface area contributed by atoms with E-state index < -0.39 is 15.9 Å². The normalized spacial score (nSPS) is 11.1. The number of primary amides is 1. The van der Waals surface area contributed by atoms with Crippen molar-refractivity contribution >= 4 is 21.6 Å². The van der Waals surface area contributed by atoms with Gasteiger partial charge in [0.25, 0.3) is 0 Å². The Bertz CT molecular complexity index is 786. The molecule has 110 valence electrons. The van der Waals surface area contributed by atoms with E-state index in [1.807, 2.05) is 0 Å². The molecule has 2 aromatic rings. The van der Waals surface area contributed by atoms with Crippen LogP contribution in [0, 0.1) is 0 Å². The van der Waals surface area contributed by atoms with Crippen LogP contribution in [0.15, 0.2) is 47.4 Å². The number of carbonyl (C=O) groups excluding carboxylic acids is 1. The fourth-order valence-electron chi connectivity index (χ4n) is 1.65. The van der Waals surface area contributed by atoms with Gasteiger partial charge in [-0.05, 0) is 42.5 Å². The minimum absolute atomic E-state index is 0.0403. The highest BCUT2D eigenvalue weighted by Crippen LogP contribution is 2.29. The molecular formula is C13H13N3O4S. The molecule has 0 atom stereocenters. The predicted octanol–water partition coefficient (Wildman–Crippen LogP) is 0.807. The number of nitrogen functional groups attached to an aromatic ring is 1. The number of sulfonamides is 1. The van der Waals surface area contributed by atoms with E-state index in [2.05, 4.69) is 0 Å². The number of carbonyl (C=O) groups is 1. The monoisotopic (exact) mass is 307 g/mol. The average Bonchev–Trinajstić information content (AvgIpc) is 2.40. The smallest absolute Gasteiger partial charge is 0.248 e. The van der Waals surface area contributed by atoms with E-state index in [4.69, 9.17) is 21.3 Å². The van der Waals surface area contributed by atoms with Crippen molar-refractivity contribution in [2.24, 2.45) is 10.9 Å². The van der Waals surface area contributed by atoms with Gasteiger partial charge in [0.05, 0.1) is 0 Å². The van der Waals surface area contributed by atoms with E-state index in [9.17, 15) is 13.2 Å². The van der Waals surface area contributed by atoms with E-state index in [-0.39, 0.29) is 16.3 Å². The van der Waals surface area contributed by atoms with Gasteiger partial charge in [0.1, 0.15) is 16.4 Å².